The Bertz CT molecular complexity index is 734. The van der Waals surface area contributed by atoms with Gasteiger partial charge in [0.05, 0.1) is 11.1 Å². The van der Waals surface area contributed by atoms with Gasteiger partial charge in [-0.2, -0.15) is 0 Å². The SMILES string of the molecule is CC(=O)c1ccc(Oc2ncc(C(N)=O)cc2Cl)cc1F. The van der Waals surface area contributed by atoms with Gasteiger partial charge < -0.3 is 10.5 Å². The average molecular weight is 309 g/mol. The average Bonchev–Trinajstić information content (AvgIpc) is 2.40. The number of hydrogen-bond acceptors (Lipinski definition) is 4. The van der Waals surface area contributed by atoms with Gasteiger partial charge in [-0.25, -0.2) is 9.37 Å². The van der Waals surface area contributed by atoms with Gasteiger partial charge in [0, 0.05) is 12.3 Å². The molecule has 0 spiro atoms. The standard InChI is InChI=1S/C14H10ClFN2O3/c1-7(19)10-3-2-9(5-12(10)16)21-14-11(15)4-8(6-18-14)13(17)20/h2-6H,1H3,(H2,17,20). The molecule has 0 aliphatic heterocycles. The number of aromatic nitrogens is 1. The summed E-state index contributed by atoms with van der Waals surface area (Å²) in [6, 6.07) is 5.07. The topological polar surface area (TPSA) is 82.3 Å². The smallest absolute Gasteiger partial charge is 0.250 e. The molecule has 21 heavy (non-hydrogen) atoms. The van der Waals surface area contributed by atoms with Crippen LogP contribution in [0.15, 0.2) is 30.5 Å². The van der Waals surface area contributed by atoms with Gasteiger partial charge in [-0.15, -0.1) is 0 Å². The number of ketones is 1. The predicted molar refractivity (Wildman–Crippen MR) is 74.2 cm³/mol. The molecule has 108 valence electrons. The highest BCUT2D eigenvalue weighted by Gasteiger charge is 2.12. The van der Waals surface area contributed by atoms with E-state index in [-0.39, 0.29) is 33.6 Å². The lowest BCUT2D eigenvalue weighted by Gasteiger charge is -2.08. The van der Waals surface area contributed by atoms with E-state index < -0.39 is 11.7 Å². The lowest BCUT2D eigenvalue weighted by atomic mass is 10.1. The molecule has 1 aromatic carbocycles. The number of pyridine rings is 1. The summed E-state index contributed by atoms with van der Waals surface area (Å²) >= 11 is 5.90. The van der Waals surface area contributed by atoms with Crippen LogP contribution in [-0.2, 0) is 0 Å². The van der Waals surface area contributed by atoms with Gasteiger partial charge in [-0.1, -0.05) is 11.6 Å². The van der Waals surface area contributed by atoms with Crippen LogP contribution in [0.3, 0.4) is 0 Å². The fourth-order valence-corrected chi connectivity index (χ4v) is 1.80. The van der Waals surface area contributed by atoms with Crippen LogP contribution in [0.1, 0.15) is 27.6 Å². The van der Waals surface area contributed by atoms with E-state index >= 15 is 0 Å². The second-order valence-corrected chi connectivity index (χ2v) is 4.58. The fourth-order valence-electron chi connectivity index (χ4n) is 1.59. The van der Waals surface area contributed by atoms with Gasteiger partial charge in [-0.05, 0) is 25.1 Å². The van der Waals surface area contributed by atoms with Crippen LogP contribution in [0, 0.1) is 5.82 Å². The van der Waals surface area contributed by atoms with Crippen LogP contribution >= 0.6 is 11.6 Å². The molecular formula is C14H10ClFN2O3. The van der Waals surface area contributed by atoms with E-state index in [0.29, 0.717) is 0 Å². The highest BCUT2D eigenvalue weighted by atomic mass is 35.5. The quantitative estimate of drug-likeness (QED) is 0.880. The Morgan fingerprint density at radius 3 is 2.57 bits per heavy atom. The lowest BCUT2D eigenvalue weighted by molar-refractivity contribution is 0.0995. The number of Topliss-reactive ketones (excluding diaryl/α,β-unsaturated/α-hetero) is 1. The largest absolute Gasteiger partial charge is 0.437 e. The highest BCUT2D eigenvalue weighted by molar-refractivity contribution is 6.32. The minimum Gasteiger partial charge on any atom is -0.437 e. The Kier molecular flexibility index (Phi) is 4.18. The fraction of sp³-hybridized carbons (Fsp3) is 0.0714. The predicted octanol–water partition coefficient (Wildman–Crippen LogP) is 2.97. The molecule has 0 saturated heterocycles. The number of primary amides is 1. The van der Waals surface area contributed by atoms with E-state index in [4.69, 9.17) is 22.1 Å². The number of rotatable bonds is 4. The summed E-state index contributed by atoms with van der Waals surface area (Å²) in [6.45, 7) is 1.26. The van der Waals surface area contributed by atoms with Crippen molar-refractivity contribution in [2.75, 3.05) is 0 Å². The summed E-state index contributed by atoms with van der Waals surface area (Å²) in [5.41, 5.74) is 5.18. The molecule has 0 atom stereocenters. The van der Waals surface area contributed by atoms with E-state index in [1.165, 1.54) is 31.3 Å². The molecule has 1 heterocycles. The zero-order valence-corrected chi connectivity index (χ0v) is 11.6. The number of nitrogens with two attached hydrogens (primary N) is 1. The summed E-state index contributed by atoms with van der Waals surface area (Å²) < 4.78 is 19.0. The molecule has 2 N–H and O–H groups in total. The van der Waals surface area contributed by atoms with Gasteiger partial charge in [0.1, 0.15) is 16.6 Å². The second kappa shape index (κ2) is 5.88. The number of carbonyl (C=O) groups excluding carboxylic acids is 2. The Morgan fingerprint density at radius 1 is 1.33 bits per heavy atom. The molecule has 1 aromatic heterocycles. The van der Waals surface area contributed by atoms with Gasteiger partial charge in [-0.3, -0.25) is 9.59 Å². The van der Waals surface area contributed by atoms with Crippen molar-refractivity contribution < 1.29 is 18.7 Å². The van der Waals surface area contributed by atoms with Crippen LogP contribution < -0.4 is 10.5 Å². The van der Waals surface area contributed by atoms with E-state index in [9.17, 15) is 14.0 Å². The maximum atomic E-state index is 13.7. The molecule has 2 aromatic rings. The minimum atomic E-state index is -0.704. The first-order valence-corrected chi connectivity index (χ1v) is 6.20. The Morgan fingerprint density at radius 2 is 2.05 bits per heavy atom. The summed E-state index contributed by atoms with van der Waals surface area (Å²) in [4.78, 5) is 25.9. The third-order valence-electron chi connectivity index (χ3n) is 2.63. The van der Waals surface area contributed by atoms with Crippen molar-refractivity contribution in [1.29, 1.82) is 0 Å². The van der Waals surface area contributed by atoms with E-state index in [0.717, 1.165) is 6.07 Å². The number of amides is 1. The first-order chi connectivity index (χ1) is 9.88. The van der Waals surface area contributed by atoms with Crippen LogP contribution in [-0.4, -0.2) is 16.7 Å². The molecule has 0 fully saturated rings. The van der Waals surface area contributed by atoms with Crippen molar-refractivity contribution in [3.63, 3.8) is 0 Å². The van der Waals surface area contributed by atoms with Crippen LogP contribution in [0.4, 0.5) is 4.39 Å². The number of nitrogens with zero attached hydrogens (tertiary/aromatic N) is 1. The second-order valence-electron chi connectivity index (χ2n) is 4.18. The van der Waals surface area contributed by atoms with Crippen LogP contribution in [0.5, 0.6) is 11.6 Å². The first-order valence-electron chi connectivity index (χ1n) is 5.82. The van der Waals surface area contributed by atoms with Gasteiger partial charge in [0.25, 0.3) is 0 Å². The molecule has 1 amide bonds. The summed E-state index contributed by atoms with van der Waals surface area (Å²) in [5, 5.41) is 0.0577. The Hall–Kier alpha value is -2.47. The number of halogens is 2. The van der Waals surface area contributed by atoms with Crippen molar-refractivity contribution in [2.45, 2.75) is 6.92 Å². The molecule has 0 radical (unpaired) electrons. The zero-order valence-electron chi connectivity index (χ0n) is 10.9. The van der Waals surface area contributed by atoms with Crippen molar-refractivity contribution in [2.24, 2.45) is 5.73 Å². The van der Waals surface area contributed by atoms with Crippen molar-refractivity contribution in [3.05, 3.63) is 52.4 Å². The molecule has 0 saturated carbocycles. The lowest BCUT2D eigenvalue weighted by Crippen LogP contribution is -2.11. The van der Waals surface area contributed by atoms with Gasteiger partial charge in [0.2, 0.25) is 11.8 Å². The number of hydrogen-bond donors (Lipinski definition) is 1. The normalized spacial score (nSPS) is 10.2. The van der Waals surface area contributed by atoms with Gasteiger partial charge in [0.15, 0.2) is 5.78 Å². The Balaban J connectivity index is 2.28. The van der Waals surface area contributed by atoms with Crippen LogP contribution in [0.2, 0.25) is 5.02 Å². The van der Waals surface area contributed by atoms with Crippen molar-refractivity contribution in [1.82, 2.24) is 4.98 Å². The summed E-state index contributed by atoms with van der Waals surface area (Å²) in [5.74, 6) is -1.64. The van der Waals surface area contributed by atoms with E-state index in [1.54, 1.807) is 0 Å². The van der Waals surface area contributed by atoms with E-state index in [2.05, 4.69) is 4.98 Å². The molecule has 2 rings (SSSR count). The molecule has 0 unspecified atom stereocenters. The molecule has 7 heteroatoms. The number of ether oxygens (including phenoxy) is 1. The monoisotopic (exact) mass is 308 g/mol. The molecule has 0 aliphatic carbocycles. The Labute approximate surface area is 124 Å². The van der Waals surface area contributed by atoms with Crippen LogP contribution in [0.25, 0.3) is 0 Å². The number of benzene rings is 1. The highest BCUT2D eigenvalue weighted by Crippen LogP contribution is 2.28. The molecule has 0 bridgehead atoms. The molecule has 0 aliphatic rings. The van der Waals surface area contributed by atoms with E-state index in [1.807, 2.05) is 0 Å². The molecular weight excluding hydrogens is 299 g/mol. The third-order valence-corrected chi connectivity index (χ3v) is 2.90. The zero-order chi connectivity index (χ0) is 15.6. The maximum Gasteiger partial charge on any atom is 0.250 e. The first kappa shape index (κ1) is 14.9. The minimum absolute atomic E-state index is 0.00311. The number of carbonyl (C=O) groups is 2. The maximum absolute atomic E-state index is 13.7. The summed E-state index contributed by atoms with van der Waals surface area (Å²) in [6.07, 6.45) is 1.20. The molecule has 5 nitrogen and oxygen atoms in total. The van der Waals surface area contributed by atoms with Crippen molar-refractivity contribution in [3.8, 4) is 11.6 Å². The van der Waals surface area contributed by atoms with Gasteiger partial charge >= 0.3 is 0 Å². The summed E-state index contributed by atoms with van der Waals surface area (Å²) in [7, 11) is 0. The third kappa shape index (κ3) is 3.35. The van der Waals surface area contributed by atoms with Crippen molar-refractivity contribution >= 4 is 23.3 Å².